The van der Waals surface area contributed by atoms with Crippen molar-refractivity contribution < 1.29 is 22.7 Å². The lowest BCUT2D eigenvalue weighted by Gasteiger charge is -2.15. The number of benzene rings is 1. The molecule has 0 radical (unpaired) electrons. The molecular weight excluding hydrogens is 283 g/mol. The summed E-state index contributed by atoms with van der Waals surface area (Å²) >= 11 is 0. The molecule has 0 fully saturated rings. The maximum absolute atomic E-state index is 12.5. The molecule has 3 nitrogen and oxygen atoms in total. The summed E-state index contributed by atoms with van der Waals surface area (Å²) in [4.78, 5) is 11.4. The van der Waals surface area contributed by atoms with E-state index in [-0.39, 0.29) is 13.0 Å². The van der Waals surface area contributed by atoms with Gasteiger partial charge < -0.3 is 10.1 Å². The molecule has 0 amide bonds. The first kappa shape index (κ1) is 15.4. The molecule has 1 aromatic carbocycles. The van der Waals surface area contributed by atoms with E-state index in [9.17, 15) is 18.0 Å². The van der Waals surface area contributed by atoms with Gasteiger partial charge in [-0.1, -0.05) is 18.7 Å². The van der Waals surface area contributed by atoms with E-state index < -0.39 is 17.9 Å². The van der Waals surface area contributed by atoms with Crippen molar-refractivity contribution in [3.8, 4) is 5.75 Å². The number of ketones is 1. The van der Waals surface area contributed by atoms with Crippen LogP contribution in [0.4, 0.5) is 18.9 Å². The first-order valence-electron chi connectivity index (χ1n) is 6.64. The quantitative estimate of drug-likeness (QED) is 0.866. The Morgan fingerprint density at radius 3 is 2.90 bits per heavy atom. The number of Topliss-reactive ketones (excluding diaryl/α,β-unsaturated/α-hetero) is 1. The van der Waals surface area contributed by atoms with E-state index in [2.05, 4.69) is 11.9 Å². The average molecular weight is 299 g/mol. The number of alkyl halides is 3. The molecule has 1 atom stereocenters. The van der Waals surface area contributed by atoms with Crippen LogP contribution in [0.2, 0.25) is 0 Å². The van der Waals surface area contributed by atoms with Gasteiger partial charge in [0.25, 0.3) is 0 Å². The normalized spacial score (nSPS) is 18.1. The van der Waals surface area contributed by atoms with Crippen LogP contribution in [0.15, 0.2) is 30.9 Å². The summed E-state index contributed by atoms with van der Waals surface area (Å²) in [5.74, 6) is -2.12. The third-order valence-electron chi connectivity index (χ3n) is 3.42. The van der Waals surface area contributed by atoms with Crippen LogP contribution in [0.1, 0.15) is 12.0 Å². The predicted octanol–water partition coefficient (Wildman–Crippen LogP) is 3.36. The minimum atomic E-state index is -4.79. The zero-order valence-corrected chi connectivity index (χ0v) is 11.4. The van der Waals surface area contributed by atoms with Crippen LogP contribution in [-0.2, 0) is 11.2 Å². The molecule has 21 heavy (non-hydrogen) atoms. The van der Waals surface area contributed by atoms with Crippen LogP contribution in [0.5, 0.6) is 5.75 Å². The van der Waals surface area contributed by atoms with E-state index in [0.29, 0.717) is 24.5 Å². The van der Waals surface area contributed by atoms with E-state index in [1.54, 1.807) is 24.3 Å². The Hall–Kier alpha value is -1.98. The van der Waals surface area contributed by atoms with Crippen molar-refractivity contribution in [2.75, 3.05) is 18.5 Å². The Bertz CT molecular complexity index is 540. The van der Waals surface area contributed by atoms with Gasteiger partial charge in [0.2, 0.25) is 5.78 Å². The molecule has 0 aliphatic carbocycles. The van der Waals surface area contributed by atoms with Crippen LogP contribution in [0.25, 0.3) is 0 Å². The fraction of sp³-hybridized carbons (Fsp3) is 0.400. The average Bonchev–Trinajstić information content (AvgIpc) is 2.66. The van der Waals surface area contributed by atoms with Crippen LogP contribution in [0.3, 0.4) is 0 Å². The van der Waals surface area contributed by atoms with Gasteiger partial charge in [0.15, 0.2) is 0 Å². The second kappa shape index (κ2) is 6.20. The van der Waals surface area contributed by atoms with Crippen LogP contribution < -0.4 is 10.1 Å². The SMILES string of the molecule is C=CCOc1cccc2c1CCC(C(=O)C(F)(F)F)CN2. The highest BCUT2D eigenvalue weighted by Gasteiger charge is 2.43. The number of carbonyl (C=O) groups is 1. The molecule has 0 saturated carbocycles. The van der Waals surface area contributed by atoms with Crippen molar-refractivity contribution in [3.63, 3.8) is 0 Å². The van der Waals surface area contributed by atoms with E-state index in [0.717, 1.165) is 5.56 Å². The van der Waals surface area contributed by atoms with Gasteiger partial charge in [-0.3, -0.25) is 4.79 Å². The maximum atomic E-state index is 12.5. The van der Waals surface area contributed by atoms with Crippen molar-refractivity contribution in [3.05, 3.63) is 36.4 Å². The Kier molecular flexibility index (Phi) is 4.55. The molecule has 0 saturated heterocycles. The summed E-state index contributed by atoms with van der Waals surface area (Å²) < 4.78 is 43.1. The van der Waals surface area contributed by atoms with Crippen molar-refractivity contribution in [1.29, 1.82) is 0 Å². The molecule has 1 heterocycles. The molecule has 0 aromatic heterocycles. The third kappa shape index (κ3) is 3.56. The minimum absolute atomic E-state index is 0.0176. The monoisotopic (exact) mass is 299 g/mol. The Balaban J connectivity index is 2.17. The second-order valence-corrected chi connectivity index (χ2v) is 4.86. The zero-order chi connectivity index (χ0) is 15.5. The topological polar surface area (TPSA) is 38.3 Å². The van der Waals surface area contributed by atoms with E-state index in [1.807, 2.05) is 0 Å². The number of rotatable bonds is 4. The van der Waals surface area contributed by atoms with Crippen molar-refractivity contribution in [1.82, 2.24) is 0 Å². The third-order valence-corrected chi connectivity index (χ3v) is 3.42. The molecule has 1 unspecified atom stereocenters. The highest BCUT2D eigenvalue weighted by Crippen LogP contribution is 2.33. The maximum Gasteiger partial charge on any atom is 0.450 e. The number of anilines is 1. The van der Waals surface area contributed by atoms with Crippen molar-refractivity contribution in [2.45, 2.75) is 19.0 Å². The van der Waals surface area contributed by atoms with Crippen LogP contribution >= 0.6 is 0 Å². The molecule has 1 N–H and O–H groups in total. The Morgan fingerprint density at radius 1 is 1.48 bits per heavy atom. The smallest absolute Gasteiger partial charge is 0.450 e. The fourth-order valence-electron chi connectivity index (χ4n) is 2.38. The van der Waals surface area contributed by atoms with Crippen LogP contribution in [0, 0.1) is 5.92 Å². The lowest BCUT2D eigenvalue weighted by atomic mass is 9.96. The number of halogens is 3. The van der Waals surface area contributed by atoms with Gasteiger partial charge in [-0.05, 0) is 25.0 Å². The first-order valence-corrected chi connectivity index (χ1v) is 6.64. The summed E-state index contributed by atoms with van der Waals surface area (Å²) in [6.45, 7) is 3.86. The number of nitrogens with one attached hydrogen (secondary N) is 1. The standard InChI is InChI=1S/C15H16F3NO2/c1-2-8-21-13-5-3-4-12-11(13)7-6-10(9-19-12)14(20)15(16,17)18/h2-5,10,19H,1,6-9H2. The highest BCUT2D eigenvalue weighted by molar-refractivity contribution is 5.87. The molecular formula is C15H16F3NO2. The predicted molar refractivity (Wildman–Crippen MR) is 73.5 cm³/mol. The summed E-state index contributed by atoms with van der Waals surface area (Å²) in [6, 6.07) is 5.29. The van der Waals surface area contributed by atoms with E-state index in [4.69, 9.17) is 4.74 Å². The van der Waals surface area contributed by atoms with Gasteiger partial charge >= 0.3 is 6.18 Å². The minimum Gasteiger partial charge on any atom is -0.489 e. The molecule has 1 aliphatic rings. The first-order chi connectivity index (χ1) is 9.93. The number of hydrogen-bond acceptors (Lipinski definition) is 3. The van der Waals surface area contributed by atoms with E-state index in [1.165, 1.54) is 0 Å². The van der Waals surface area contributed by atoms with Gasteiger partial charge in [-0.15, -0.1) is 0 Å². The van der Waals surface area contributed by atoms with Gasteiger partial charge in [-0.25, -0.2) is 0 Å². The van der Waals surface area contributed by atoms with Crippen LogP contribution in [-0.4, -0.2) is 25.1 Å². The Labute approximate surface area is 120 Å². The molecule has 2 rings (SSSR count). The molecule has 1 aliphatic heterocycles. The van der Waals surface area contributed by atoms with Crippen molar-refractivity contribution in [2.24, 2.45) is 5.92 Å². The summed E-state index contributed by atoms with van der Waals surface area (Å²) in [6.07, 6.45) is -2.68. The lowest BCUT2D eigenvalue weighted by Crippen LogP contribution is -2.34. The molecule has 1 aromatic rings. The highest BCUT2D eigenvalue weighted by atomic mass is 19.4. The number of hydrogen-bond donors (Lipinski definition) is 1. The fourth-order valence-corrected chi connectivity index (χ4v) is 2.38. The lowest BCUT2D eigenvalue weighted by molar-refractivity contribution is -0.175. The van der Waals surface area contributed by atoms with E-state index >= 15 is 0 Å². The molecule has 114 valence electrons. The van der Waals surface area contributed by atoms with Gasteiger partial charge in [0.05, 0.1) is 0 Å². The zero-order valence-electron chi connectivity index (χ0n) is 11.4. The second-order valence-electron chi connectivity index (χ2n) is 4.86. The summed E-state index contributed by atoms with van der Waals surface area (Å²) in [5, 5.41) is 2.92. The molecule has 0 bridgehead atoms. The molecule has 0 spiro atoms. The van der Waals surface area contributed by atoms with Crippen molar-refractivity contribution >= 4 is 11.5 Å². The number of carbonyl (C=O) groups excluding carboxylic acids is 1. The number of ether oxygens (including phenoxy) is 1. The summed E-state index contributed by atoms with van der Waals surface area (Å²) in [7, 11) is 0. The van der Waals surface area contributed by atoms with Gasteiger partial charge in [0, 0.05) is 23.7 Å². The number of fused-ring (bicyclic) bond motifs is 1. The van der Waals surface area contributed by atoms with Gasteiger partial charge in [-0.2, -0.15) is 13.2 Å². The Morgan fingerprint density at radius 2 is 2.24 bits per heavy atom. The summed E-state index contributed by atoms with van der Waals surface area (Å²) in [5.41, 5.74) is 1.52. The van der Waals surface area contributed by atoms with Gasteiger partial charge in [0.1, 0.15) is 12.4 Å². The molecule has 6 heteroatoms. The largest absolute Gasteiger partial charge is 0.489 e.